The van der Waals surface area contributed by atoms with Gasteiger partial charge in [-0.15, -0.1) is 0 Å². The Bertz CT molecular complexity index is 954. The third kappa shape index (κ3) is 2.54. The second kappa shape index (κ2) is 6.37. The Morgan fingerprint density at radius 2 is 1.94 bits per heavy atom. The van der Waals surface area contributed by atoms with E-state index in [1.54, 1.807) is 12.3 Å². The number of amides is 1. The van der Waals surface area contributed by atoms with Gasteiger partial charge in [0.1, 0.15) is 5.60 Å². The summed E-state index contributed by atoms with van der Waals surface area (Å²) in [5, 5.41) is 11.9. The predicted molar refractivity (Wildman–Crippen MR) is 114 cm³/mol. The molecule has 1 saturated heterocycles. The maximum atomic E-state index is 11.5. The molecule has 9 atom stereocenters. The highest BCUT2D eigenvalue weighted by atomic mass is 16.6. The second-order valence-corrected chi connectivity index (χ2v) is 11.4. The Morgan fingerprint density at radius 3 is 2.68 bits per heavy atom. The fourth-order valence-corrected chi connectivity index (χ4v) is 9.07. The molecule has 1 amide bonds. The van der Waals surface area contributed by atoms with Crippen molar-refractivity contribution in [2.45, 2.75) is 88.9 Å². The molecule has 2 N–H and O–H groups in total. The first-order valence-electron chi connectivity index (χ1n) is 12.0. The van der Waals surface area contributed by atoms with Crippen molar-refractivity contribution >= 4 is 6.09 Å². The summed E-state index contributed by atoms with van der Waals surface area (Å²) in [6, 6.07) is 3.62. The van der Waals surface area contributed by atoms with Crippen molar-refractivity contribution in [3.05, 3.63) is 34.4 Å². The number of fused-ring (bicyclic) bond motifs is 3. The Kier molecular flexibility index (Phi) is 4.07. The first-order chi connectivity index (χ1) is 14.8. The van der Waals surface area contributed by atoms with Gasteiger partial charge < -0.3 is 19.6 Å². The van der Waals surface area contributed by atoms with Gasteiger partial charge in [-0.1, -0.05) is 13.8 Å². The van der Waals surface area contributed by atoms with Crippen molar-refractivity contribution in [1.29, 1.82) is 0 Å². The van der Waals surface area contributed by atoms with E-state index in [0.717, 1.165) is 37.7 Å². The lowest BCUT2D eigenvalue weighted by Gasteiger charge is -2.61. The van der Waals surface area contributed by atoms with Gasteiger partial charge in [-0.3, -0.25) is 0 Å². The van der Waals surface area contributed by atoms with Gasteiger partial charge in [-0.05, 0) is 92.1 Å². The van der Waals surface area contributed by atoms with Gasteiger partial charge in [-0.25, -0.2) is 9.59 Å². The van der Waals surface area contributed by atoms with Crippen LogP contribution in [0.15, 0.2) is 27.6 Å². The normalized spacial score (nSPS) is 49.9. The third-order valence-corrected chi connectivity index (χ3v) is 10.5. The van der Waals surface area contributed by atoms with E-state index in [0.29, 0.717) is 29.8 Å². The van der Waals surface area contributed by atoms with Crippen molar-refractivity contribution < 1.29 is 19.1 Å². The molecule has 0 bridgehead atoms. The van der Waals surface area contributed by atoms with Crippen LogP contribution in [0.4, 0.5) is 4.79 Å². The number of carboxylic acid groups (broad SMARTS) is 1. The molecule has 6 nitrogen and oxygen atoms in total. The molecule has 0 aromatic carbocycles. The van der Waals surface area contributed by atoms with E-state index in [2.05, 4.69) is 19.2 Å². The van der Waals surface area contributed by atoms with Crippen molar-refractivity contribution in [1.82, 2.24) is 5.32 Å². The molecule has 4 saturated carbocycles. The molecule has 6 rings (SSSR count). The smallest absolute Gasteiger partial charge is 0.404 e. The summed E-state index contributed by atoms with van der Waals surface area (Å²) in [6.45, 7) is 4.91. The lowest BCUT2D eigenvalue weighted by atomic mass is 9.44. The molecule has 1 aliphatic heterocycles. The number of epoxide rings is 1. The molecule has 31 heavy (non-hydrogen) atoms. The number of hydrogen-bond acceptors (Lipinski definition) is 4. The van der Waals surface area contributed by atoms with Crippen molar-refractivity contribution in [3.63, 3.8) is 0 Å². The van der Waals surface area contributed by atoms with Gasteiger partial charge in [0.2, 0.25) is 0 Å². The highest BCUT2D eigenvalue weighted by Crippen LogP contribution is 2.77. The molecule has 168 valence electrons. The summed E-state index contributed by atoms with van der Waals surface area (Å²) in [5.41, 5.74) is 1.20. The predicted octanol–water partition coefficient (Wildman–Crippen LogP) is 4.53. The highest BCUT2D eigenvalue weighted by Gasteiger charge is 2.80. The lowest BCUT2D eigenvalue weighted by molar-refractivity contribution is -0.129. The van der Waals surface area contributed by atoms with Gasteiger partial charge in [-0.2, -0.15) is 0 Å². The van der Waals surface area contributed by atoms with Crippen LogP contribution >= 0.6 is 0 Å². The molecule has 6 heteroatoms. The standard InChI is InChI=1S/C25H33NO5/c1-23-9-7-16(26-22(28)29)11-15(23)4-5-18-17(23)8-10-24(2)19(12-20-25(18,24)31-20)14-3-6-21(27)30-13-14/h3,6,13,15-20,26H,4-5,7-12H2,1-2H3,(H,28,29)/t15-,16+,17+,18-,19-,20-,23+,24-,25-/m1/s1. The largest absolute Gasteiger partial charge is 0.465 e. The molecule has 4 aliphatic carbocycles. The highest BCUT2D eigenvalue weighted by molar-refractivity contribution is 5.64. The maximum absolute atomic E-state index is 11.5. The average Bonchev–Trinajstić information content (AvgIpc) is 3.39. The second-order valence-electron chi connectivity index (χ2n) is 11.4. The summed E-state index contributed by atoms with van der Waals surface area (Å²) in [6.07, 6.45) is 9.90. The quantitative estimate of drug-likeness (QED) is 0.677. The van der Waals surface area contributed by atoms with E-state index in [9.17, 15) is 9.59 Å². The summed E-state index contributed by atoms with van der Waals surface area (Å²) < 4.78 is 11.8. The van der Waals surface area contributed by atoms with Gasteiger partial charge >= 0.3 is 11.7 Å². The summed E-state index contributed by atoms with van der Waals surface area (Å²) >= 11 is 0. The van der Waals surface area contributed by atoms with Crippen LogP contribution in [0.3, 0.4) is 0 Å². The Morgan fingerprint density at radius 1 is 1.10 bits per heavy atom. The third-order valence-electron chi connectivity index (χ3n) is 10.5. The molecule has 0 radical (unpaired) electrons. The molecular weight excluding hydrogens is 394 g/mol. The van der Waals surface area contributed by atoms with E-state index in [1.807, 2.05) is 6.07 Å². The van der Waals surface area contributed by atoms with Crippen LogP contribution in [0.25, 0.3) is 0 Å². The average molecular weight is 428 g/mol. The topological polar surface area (TPSA) is 92.1 Å². The first-order valence-corrected chi connectivity index (χ1v) is 12.0. The SMILES string of the molecule is C[C@]12CC[C@H](NC(=O)O)C[C@H]1CC[C@@H]1[C@@H]2CC[C@]2(C)[C@@H](c3ccc(=O)oc3)C[C@H]3O[C@]132. The Hall–Kier alpha value is -1.82. The molecule has 5 fully saturated rings. The number of rotatable bonds is 2. The summed E-state index contributed by atoms with van der Waals surface area (Å²) in [7, 11) is 0. The minimum Gasteiger partial charge on any atom is -0.465 e. The molecule has 2 heterocycles. The van der Waals surface area contributed by atoms with E-state index in [4.69, 9.17) is 14.3 Å². The van der Waals surface area contributed by atoms with Crippen LogP contribution in [-0.4, -0.2) is 28.9 Å². The zero-order chi connectivity index (χ0) is 21.6. The van der Waals surface area contributed by atoms with Crippen LogP contribution in [-0.2, 0) is 4.74 Å². The van der Waals surface area contributed by atoms with Crippen LogP contribution in [0, 0.1) is 28.6 Å². The summed E-state index contributed by atoms with van der Waals surface area (Å²) in [4.78, 5) is 22.6. The molecule has 1 aromatic heterocycles. The number of nitrogens with one attached hydrogen (secondary N) is 1. The van der Waals surface area contributed by atoms with Crippen molar-refractivity contribution in [2.24, 2.45) is 28.6 Å². The zero-order valence-electron chi connectivity index (χ0n) is 18.4. The maximum Gasteiger partial charge on any atom is 0.404 e. The van der Waals surface area contributed by atoms with E-state index >= 15 is 0 Å². The van der Waals surface area contributed by atoms with Gasteiger partial charge in [0.15, 0.2) is 0 Å². The van der Waals surface area contributed by atoms with Gasteiger partial charge in [0.25, 0.3) is 0 Å². The monoisotopic (exact) mass is 427 g/mol. The van der Waals surface area contributed by atoms with Crippen LogP contribution in [0.2, 0.25) is 0 Å². The molecule has 1 spiro atoms. The minimum absolute atomic E-state index is 0.0269. The fraction of sp³-hybridized carbons (Fsp3) is 0.760. The summed E-state index contributed by atoms with van der Waals surface area (Å²) in [5.74, 6) is 2.22. The van der Waals surface area contributed by atoms with E-state index < -0.39 is 6.09 Å². The number of ether oxygens (including phenoxy) is 1. The Labute approximate surface area is 182 Å². The fourth-order valence-electron chi connectivity index (χ4n) is 9.07. The molecular formula is C25H33NO5. The van der Waals surface area contributed by atoms with E-state index in [1.165, 1.54) is 19.3 Å². The molecule has 0 unspecified atom stereocenters. The Balaban J connectivity index is 1.28. The van der Waals surface area contributed by atoms with Crippen LogP contribution in [0.5, 0.6) is 0 Å². The molecule has 1 aromatic rings. The van der Waals surface area contributed by atoms with E-state index in [-0.39, 0.29) is 28.1 Å². The van der Waals surface area contributed by atoms with Crippen LogP contribution in [0.1, 0.15) is 76.7 Å². The van der Waals surface area contributed by atoms with Gasteiger partial charge in [0.05, 0.1) is 12.4 Å². The molecule has 5 aliphatic rings. The minimum atomic E-state index is -0.891. The van der Waals surface area contributed by atoms with Gasteiger partial charge in [0, 0.05) is 17.5 Å². The van der Waals surface area contributed by atoms with Crippen LogP contribution < -0.4 is 10.9 Å². The number of carbonyl (C=O) groups is 1. The number of hydrogen-bond donors (Lipinski definition) is 2. The van der Waals surface area contributed by atoms with Crippen molar-refractivity contribution in [2.75, 3.05) is 0 Å². The van der Waals surface area contributed by atoms with Crippen molar-refractivity contribution in [3.8, 4) is 0 Å². The lowest BCUT2D eigenvalue weighted by Crippen LogP contribution is -2.59. The zero-order valence-corrected chi connectivity index (χ0v) is 18.4. The first kappa shape index (κ1) is 19.8.